The predicted octanol–water partition coefficient (Wildman–Crippen LogP) is 12.2. The third kappa shape index (κ3) is 5.88. The van der Waals surface area contributed by atoms with E-state index in [1.165, 1.54) is 5.57 Å². The maximum atomic E-state index is 14.2. The van der Waals surface area contributed by atoms with Crippen LogP contribution in [0.4, 0.5) is 13.2 Å². The van der Waals surface area contributed by atoms with E-state index in [1.807, 2.05) is 19.9 Å². The molecule has 4 fully saturated rings. The Morgan fingerprint density at radius 3 is 2.30 bits per heavy atom. The van der Waals surface area contributed by atoms with E-state index in [0.717, 1.165) is 76.2 Å². The number of hydrogen-bond donors (Lipinski definition) is 0. The van der Waals surface area contributed by atoms with E-state index >= 15 is 0 Å². The van der Waals surface area contributed by atoms with Crippen LogP contribution in [0.2, 0.25) is 0 Å². The van der Waals surface area contributed by atoms with Crippen LogP contribution in [0.3, 0.4) is 0 Å². The van der Waals surface area contributed by atoms with Crippen molar-refractivity contribution in [3.8, 4) is 0 Å². The van der Waals surface area contributed by atoms with E-state index < -0.39 is 16.3 Å². The van der Waals surface area contributed by atoms with Gasteiger partial charge in [-0.2, -0.15) is 13.2 Å². The largest absolute Gasteiger partial charge is 0.479 e. The van der Waals surface area contributed by atoms with E-state index in [2.05, 4.69) is 66.3 Å². The average molecular weight is 677 g/mol. The monoisotopic (exact) mass is 676 g/mol. The Kier molecular flexibility index (Phi) is 10.1. The minimum atomic E-state index is -4.43. The first-order valence-corrected chi connectivity index (χ1v) is 19.0. The maximum absolute atomic E-state index is 14.2. The van der Waals surface area contributed by atoms with E-state index in [4.69, 9.17) is 8.92 Å². The molecular weight excluding hydrogens is 617 g/mol. The molecule has 6 aliphatic carbocycles. The first kappa shape index (κ1) is 36.6. The number of rotatable bonds is 6. The van der Waals surface area contributed by atoms with E-state index in [9.17, 15) is 18.0 Å². The number of carbonyl (C=O) groups is 1. The highest BCUT2D eigenvalue weighted by atomic mass is 32.2. The summed E-state index contributed by atoms with van der Waals surface area (Å²) < 4.78 is 50.8. The fraction of sp³-hybridized carbons (Fsp3) is 0.775. The van der Waals surface area contributed by atoms with Crippen molar-refractivity contribution in [3.05, 3.63) is 47.8 Å². The molecule has 0 saturated heterocycles. The summed E-state index contributed by atoms with van der Waals surface area (Å²) >= 11 is -0.378. The van der Waals surface area contributed by atoms with Crippen molar-refractivity contribution in [1.82, 2.24) is 0 Å². The van der Waals surface area contributed by atoms with Crippen LogP contribution in [0.1, 0.15) is 126 Å². The Morgan fingerprint density at radius 1 is 0.936 bits per heavy atom. The second kappa shape index (κ2) is 12.9. The van der Waals surface area contributed by atoms with Gasteiger partial charge in [0.1, 0.15) is 12.4 Å². The predicted molar refractivity (Wildman–Crippen MR) is 186 cm³/mol. The van der Waals surface area contributed by atoms with Gasteiger partial charge in [0.25, 0.3) is 0 Å². The van der Waals surface area contributed by atoms with Gasteiger partial charge in [-0.15, -0.1) is 0 Å². The Hall–Kier alpha value is -1.63. The summed E-state index contributed by atoms with van der Waals surface area (Å²) in [6.07, 6.45) is 19.2. The van der Waals surface area contributed by atoms with Gasteiger partial charge in [0.2, 0.25) is 0 Å². The molecule has 0 amide bonds. The molecule has 3 nitrogen and oxygen atoms in total. The molecular formula is C40H59F3O3S. The second-order valence-electron chi connectivity index (χ2n) is 16.8. The highest BCUT2D eigenvalue weighted by molar-refractivity contribution is 7.95. The SMILES string of the molecule is C=C(C)[C@@H]1CCC2(C(=O)OCC3=CCCC=C3)CC[C@]3(C)C(CCC4C5(C)CC=C(OSC(F)(F)F)C(C)(C)C5CCC43C)C12.CC. The fourth-order valence-corrected chi connectivity index (χ4v) is 12.8. The number of allylic oxidation sites excluding steroid dienone is 5. The zero-order chi connectivity index (χ0) is 34.6. The molecule has 0 heterocycles. The number of ether oxygens (including phenoxy) is 1. The van der Waals surface area contributed by atoms with Gasteiger partial charge in [-0.3, -0.25) is 4.79 Å². The quantitative estimate of drug-likeness (QED) is 0.159. The minimum Gasteiger partial charge on any atom is -0.460 e. The van der Waals surface area contributed by atoms with Gasteiger partial charge in [0.05, 0.1) is 5.41 Å². The zero-order valence-corrected chi connectivity index (χ0v) is 31.0. The van der Waals surface area contributed by atoms with Crippen LogP contribution in [0.15, 0.2) is 47.8 Å². The number of esters is 1. The third-order valence-electron chi connectivity index (χ3n) is 14.6. The van der Waals surface area contributed by atoms with Crippen LogP contribution in [-0.2, 0) is 13.7 Å². The molecule has 0 aromatic carbocycles. The molecule has 6 rings (SSSR count). The van der Waals surface area contributed by atoms with Gasteiger partial charge in [-0.25, -0.2) is 0 Å². The summed E-state index contributed by atoms with van der Waals surface area (Å²) in [7, 11) is 0. The summed E-state index contributed by atoms with van der Waals surface area (Å²) in [6, 6.07) is 0. The molecule has 0 aliphatic heterocycles. The van der Waals surface area contributed by atoms with E-state index in [-0.39, 0.29) is 46.1 Å². The van der Waals surface area contributed by atoms with Crippen LogP contribution >= 0.6 is 12.0 Å². The molecule has 0 aromatic heterocycles. The number of fused-ring (bicyclic) bond motifs is 7. The van der Waals surface area contributed by atoms with Gasteiger partial charge in [0, 0.05) is 5.41 Å². The summed E-state index contributed by atoms with van der Waals surface area (Å²) in [5.74, 6) is 2.15. The standard InChI is InChI=1S/C38H53F3O3S.C2H6/c1-24(2)26-15-20-37(32(42)43-23-25-11-9-8-10-12-25)22-21-35(6)27(31(26)37)13-14-29-34(5)18-17-30(44-45-38(39,40)41)33(3,4)28(34)16-19-36(29,35)7;1-2/h9,11-12,17,26-29,31H,1,8,10,13-16,18-23H2,2-7H3;1-2H3/t26-,27?,28?,29?,31?,34?,35+,36?,37?;/m0./s1. The van der Waals surface area contributed by atoms with Crippen LogP contribution in [0.5, 0.6) is 0 Å². The minimum absolute atomic E-state index is 0.00421. The first-order valence-electron chi connectivity index (χ1n) is 18.3. The number of hydrogen-bond acceptors (Lipinski definition) is 4. The van der Waals surface area contributed by atoms with E-state index in [0.29, 0.717) is 30.1 Å². The molecule has 0 aromatic rings. The van der Waals surface area contributed by atoms with Crippen molar-refractivity contribution >= 4 is 18.0 Å². The molecule has 7 unspecified atom stereocenters. The molecule has 264 valence electrons. The Morgan fingerprint density at radius 2 is 1.66 bits per heavy atom. The molecule has 47 heavy (non-hydrogen) atoms. The molecule has 0 spiro atoms. The van der Waals surface area contributed by atoms with Crippen molar-refractivity contribution in [2.75, 3.05) is 6.61 Å². The highest BCUT2D eigenvalue weighted by Gasteiger charge is 2.72. The summed E-state index contributed by atoms with van der Waals surface area (Å²) in [4.78, 5) is 14.2. The van der Waals surface area contributed by atoms with Crippen molar-refractivity contribution in [3.63, 3.8) is 0 Å². The smallest absolute Gasteiger partial charge is 0.460 e. The molecule has 9 atom stereocenters. The highest BCUT2D eigenvalue weighted by Crippen LogP contribution is 2.77. The normalized spacial score (nSPS) is 41.8. The molecule has 0 N–H and O–H groups in total. The van der Waals surface area contributed by atoms with Gasteiger partial charge in [-0.1, -0.05) is 78.8 Å². The van der Waals surface area contributed by atoms with E-state index in [1.54, 1.807) is 0 Å². The van der Waals surface area contributed by atoms with Gasteiger partial charge < -0.3 is 8.92 Å². The summed E-state index contributed by atoms with van der Waals surface area (Å²) in [5, 5.41) is 0. The molecule has 0 bridgehead atoms. The average Bonchev–Trinajstić information content (AvgIpc) is 3.42. The van der Waals surface area contributed by atoms with Gasteiger partial charge in [-0.05, 0) is 135 Å². The zero-order valence-electron chi connectivity index (χ0n) is 30.2. The van der Waals surface area contributed by atoms with Crippen molar-refractivity contribution in [2.45, 2.75) is 132 Å². The molecule has 6 aliphatic rings. The van der Waals surface area contributed by atoms with Crippen LogP contribution in [0.25, 0.3) is 0 Å². The van der Waals surface area contributed by atoms with Gasteiger partial charge >= 0.3 is 11.5 Å². The van der Waals surface area contributed by atoms with Crippen molar-refractivity contribution in [2.24, 2.45) is 56.7 Å². The maximum Gasteiger partial charge on any atom is 0.479 e. The summed E-state index contributed by atoms with van der Waals surface area (Å²) in [6.45, 7) is 22.6. The fourth-order valence-electron chi connectivity index (χ4n) is 12.4. The Labute approximate surface area is 286 Å². The molecule has 0 radical (unpaired) electrons. The first-order chi connectivity index (χ1) is 22.0. The van der Waals surface area contributed by atoms with Crippen LogP contribution < -0.4 is 0 Å². The lowest BCUT2D eigenvalue weighted by Gasteiger charge is -2.72. The number of halogens is 3. The van der Waals surface area contributed by atoms with Crippen LogP contribution in [-0.4, -0.2) is 18.1 Å². The number of carbonyl (C=O) groups excluding carboxylic acids is 1. The number of alkyl halides is 3. The van der Waals surface area contributed by atoms with Crippen molar-refractivity contribution < 1.29 is 26.9 Å². The van der Waals surface area contributed by atoms with Crippen LogP contribution in [0, 0.1) is 56.7 Å². The Balaban J connectivity index is 0.00000213. The molecule has 4 saturated carbocycles. The molecule has 7 heteroatoms. The topological polar surface area (TPSA) is 35.5 Å². The lowest BCUT2D eigenvalue weighted by atomic mass is 9.32. The third-order valence-corrected chi connectivity index (χ3v) is 15.1. The van der Waals surface area contributed by atoms with Crippen molar-refractivity contribution in [1.29, 1.82) is 0 Å². The second-order valence-corrected chi connectivity index (χ2v) is 17.6. The lowest BCUT2D eigenvalue weighted by Crippen LogP contribution is -2.66. The Bertz CT molecular complexity index is 1310. The lowest BCUT2D eigenvalue weighted by molar-refractivity contribution is -0.231. The summed E-state index contributed by atoms with van der Waals surface area (Å²) in [5.41, 5.74) is -2.95. The van der Waals surface area contributed by atoms with Gasteiger partial charge in [0.15, 0.2) is 12.0 Å².